The molecule has 0 unspecified atom stereocenters. The first-order valence-corrected chi connectivity index (χ1v) is 11.7. The van der Waals surface area contributed by atoms with E-state index in [1.165, 1.54) is 25.7 Å². The van der Waals surface area contributed by atoms with E-state index in [1.54, 1.807) is 37.5 Å². The number of aromatic nitrogens is 2. The van der Waals surface area contributed by atoms with Gasteiger partial charge in [-0.3, -0.25) is 9.59 Å². The number of nitrogens with zero attached hydrogens (tertiary/aromatic N) is 2. The fraction of sp³-hybridized carbons (Fsp3) is 0.192. The highest BCUT2D eigenvalue weighted by Gasteiger charge is 2.22. The summed E-state index contributed by atoms with van der Waals surface area (Å²) in [7, 11) is 4.61. The first-order chi connectivity index (χ1) is 17.2. The number of anilines is 3. The third-order valence-electron chi connectivity index (χ3n) is 5.79. The molecule has 0 saturated heterocycles. The maximum absolute atomic E-state index is 13.5. The number of nitrogens with one attached hydrogen (secondary N) is 2. The number of carbonyl (C=O) groups excluding carboxylic acids is 1. The lowest BCUT2D eigenvalue weighted by Gasteiger charge is -2.17. The van der Waals surface area contributed by atoms with Crippen LogP contribution in [-0.2, 0) is 11.8 Å². The number of amides is 1. The van der Waals surface area contributed by atoms with Crippen LogP contribution >= 0.6 is 23.2 Å². The predicted molar refractivity (Wildman–Crippen MR) is 144 cm³/mol. The highest BCUT2D eigenvalue weighted by molar-refractivity contribution is 6.41. The van der Waals surface area contributed by atoms with Gasteiger partial charge in [0.25, 0.3) is 5.56 Å². The Bertz CT molecular complexity index is 1540. The Morgan fingerprint density at radius 1 is 1.06 bits per heavy atom. The van der Waals surface area contributed by atoms with Crippen LogP contribution in [0.4, 0.5) is 17.2 Å². The van der Waals surface area contributed by atoms with Gasteiger partial charge in [0.05, 0.1) is 46.7 Å². The van der Waals surface area contributed by atoms with Crippen molar-refractivity contribution >= 4 is 57.2 Å². The molecule has 186 valence electrons. The predicted octanol–water partition coefficient (Wildman–Crippen LogP) is 5.93. The summed E-state index contributed by atoms with van der Waals surface area (Å²) in [5, 5.41) is 7.18. The average Bonchev–Trinajstić information content (AvgIpc) is 2.84. The van der Waals surface area contributed by atoms with Crippen LogP contribution in [0.1, 0.15) is 12.5 Å². The van der Waals surface area contributed by atoms with Crippen LogP contribution < -0.4 is 25.7 Å². The highest BCUT2D eigenvalue weighted by atomic mass is 35.5. The molecule has 8 nitrogen and oxygen atoms in total. The van der Waals surface area contributed by atoms with Gasteiger partial charge in [-0.05, 0) is 24.6 Å². The molecule has 4 rings (SSSR count). The van der Waals surface area contributed by atoms with Crippen LogP contribution in [0.3, 0.4) is 0 Å². The second-order valence-electron chi connectivity index (χ2n) is 8.14. The molecule has 0 aliphatic carbocycles. The van der Waals surface area contributed by atoms with Crippen LogP contribution in [0.15, 0.2) is 47.4 Å². The van der Waals surface area contributed by atoms with E-state index in [4.69, 9.17) is 32.7 Å². The summed E-state index contributed by atoms with van der Waals surface area (Å²) in [4.78, 5) is 29.6. The summed E-state index contributed by atoms with van der Waals surface area (Å²) in [6.45, 7) is 3.37. The molecule has 4 aromatic rings. The summed E-state index contributed by atoms with van der Waals surface area (Å²) < 4.78 is 12.2. The number of rotatable bonds is 6. The topological polar surface area (TPSA) is 94.5 Å². The lowest BCUT2D eigenvalue weighted by Crippen LogP contribution is -2.19. The summed E-state index contributed by atoms with van der Waals surface area (Å²) in [5.41, 5.74) is 3.19. The molecule has 0 fully saturated rings. The van der Waals surface area contributed by atoms with Gasteiger partial charge in [0.1, 0.15) is 17.3 Å². The average molecular weight is 527 g/mol. The summed E-state index contributed by atoms with van der Waals surface area (Å²) >= 11 is 13.1. The Labute approximate surface area is 217 Å². The Morgan fingerprint density at radius 3 is 2.33 bits per heavy atom. The summed E-state index contributed by atoms with van der Waals surface area (Å²) in [6.07, 6.45) is 1.65. The minimum absolute atomic E-state index is 0.184. The molecule has 0 radical (unpaired) electrons. The molecule has 1 amide bonds. The number of methoxy groups -OCH3 is 2. The normalized spacial score (nSPS) is 10.9. The minimum Gasteiger partial charge on any atom is -0.495 e. The summed E-state index contributed by atoms with van der Waals surface area (Å²) in [5.74, 6) is 0.990. The van der Waals surface area contributed by atoms with Gasteiger partial charge in [0.15, 0.2) is 0 Å². The van der Waals surface area contributed by atoms with Crippen molar-refractivity contribution in [1.82, 2.24) is 9.55 Å². The van der Waals surface area contributed by atoms with E-state index in [1.807, 2.05) is 19.1 Å². The molecule has 2 N–H and O–H groups in total. The van der Waals surface area contributed by atoms with Gasteiger partial charge >= 0.3 is 0 Å². The van der Waals surface area contributed by atoms with Gasteiger partial charge < -0.3 is 24.7 Å². The third kappa shape index (κ3) is 4.57. The SMILES string of the molecule is COc1cc(OC)c(Cl)c(-c2cc3cnc(Nc4c(C)cccc4NC(C)=O)cc3n(C)c2=O)c1Cl. The first-order valence-electron chi connectivity index (χ1n) is 10.9. The number of benzene rings is 2. The standard InChI is InChI=1S/C26H24Cl2N4O4/c1-13-7-6-8-17(30-14(2)33)25(13)31-21-10-18-15(12-29-21)9-16(26(34)32(18)3)22-23(27)19(35-4)11-20(36-5)24(22)28/h6-12H,1-5H3,(H,29,31)(H,30,33). The molecular weight excluding hydrogens is 503 g/mol. The quantitative estimate of drug-likeness (QED) is 0.323. The summed E-state index contributed by atoms with van der Waals surface area (Å²) in [6, 6.07) is 10.6. The molecule has 0 saturated carbocycles. The maximum atomic E-state index is 13.5. The molecule has 2 aromatic carbocycles. The molecule has 0 bridgehead atoms. The van der Waals surface area contributed by atoms with Crippen molar-refractivity contribution in [2.75, 3.05) is 24.9 Å². The molecule has 2 aromatic heterocycles. The lowest BCUT2D eigenvalue weighted by molar-refractivity contribution is -0.114. The fourth-order valence-corrected chi connectivity index (χ4v) is 4.69. The van der Waals surface area contributed by atoms with Crippen molar-refractivity contribution < 1.29 is 14.3 Å². The number of para-hydroxylation sites is 1. The van der Waals surface area contributed by atoms with E-state index in [0.29, 0.717) is 45.2 Å². The van der Waals surface area contributed by atoms with E-state index in [-0.39, 0.29) is 27.1 Å². The van der Waals surface area contributed by atoms with Gasteiger partial charge in [-0.15, -0.1) is 0 Å². The lowest BCUT2D eigenvalue weighted by atomic mass is 10.0. The number of fused-ring (bicyclic) bond motifs is 1. The number of hydrogen-bond acceptors (Lipinski definition) is 6. The van der Waals surface area contributed by atoms with Crippen molar-refractivity contribution in [2.45, 2.75) is 13.8 Å². The Balaban J connectivity index is 1.85. The monoisotopic (exact) mass is 526 g/mol. The van der Waals surface area contributed by atoms with Gasteiger partial charge in [-0.25, -0.2) is 4.98 Å². The second-order valence-corrected chi connectivity index (χ2v) is 8.89. The van der Waals surface area contributed by atoms with E-state index < -0.39 is 0 Å². The largest absolute Gasteiger partial charge is 0.495 e. The Hall–Kier alpha value is -3.75. The number of aryl methyl sites for hydroxylation is 2. The van der Waals surface area contributed by atoms with E-state index in [9.17, 15) is 9.59 Å². The zero-order chi connectivity index (χ0) is 26.1. The molecule has 2 heterocycles. The van der Waals surface area contributed by atoms with Gasteiger partial charge in [-0.1, -0.05) is 35.3 Å². The van der Waals surface area contributed by atoms with Crippen LogP contribution in [0.25, 0.3) is 22.0 Å². The zero-order valence-corrected chi connectivity index (χ0v) is 21.8. The van der Waals surface area contributed by atoms with E-state index in [2.05, 4.69) is 15.6 Å². The van der Waals surface area contributed by atoms with E-state index in [0.717, 1.165) is 5.56 Å². The molecule has 0 aliphatic heterocycles. The van der Waals surface area contributed by atoms with Gasteiger partial charge in [0, 0.05) is 43.3 Å². The number of halogens is 2. The van der Waals surface area contributed by atoms with Gasteiger partial charge in [-0.2, -0.15) is 0 Å². The van der Waals surface area contributed by atoms with Crippen molar-refractivity contribution in [2.24, 2.45) is 7.05 Å². The third-order valence-corrected chi connectivity index (χ3v) is 6.54. The Morgan fingerprint density at radius 2 is 1.72 bits per heavy atom. The first kappa shape index (κ1) is 25.3. The van der Waals surface area contributed by atoms with Gasteiger partial charge in [0.2, 0.25) is 5.91 Å². The molecule has 36 heavy (non-hydrogen) atoms. The molecule has 10 heteroatoms. The highest BCUT2D eigenvalue weighted by Crippen LogP contribution is 2.45. The van der Waals surface area contributed by atoms with Crippen LogP contribution in [0.5, 0.6) is 11.5 Å². The number of ether oxygens (including phenoxy) is 2. The number of hydrogen-bond donors (Lipinski definition) is 2. The zero-order valence-electron chi connectivity index (χ0n) is 20.3. The van der Waals surface area contributed by atoms with Crippen molar-refractivity contribution in [3.63, 3.8) is 0 Å². The van der Waals surface area contributed by atoms with Crippen molar-refractivity contribution in [3.05, 3.63) is 68.6 Å². The molecule has 0 atom stereocenters. The van der Waals surface area contributed by atoms with Crippen molar-refractivity contribution in [3.8, 4) is 22.6 Å². The Kier molecular flexibility index (Phi) is 7.10. The van der Waals surface area contributed by atoms with Crippen molar-refractivity contribution in [1.29, 1.82) is 0 Å². The smallest absolute Gasteiger partial charge is 0.258 e. The fourth-order valence-electron chi connectivity index (χ4n) is 3.99. The second kappa shape index (κ2) is 10.1. The number of pyridine rings is 2. The number of carbonyl (C=O) groups is 1. The van der Waals surface area contributed by atoms with E-state index >= 15 is 0 Å². The van der Waals surface area contributed by atoms with Crippen LogP contribution in [-0.4, -0.2) is 29.7 Å². The molecule has 0 spiro atoms. The maximum Gasteiger partial charge on any atom is 0.258 e. The minimum atomic E-state index is -0.311. The molecular formula is C26H24Cl2N4O4. The van der Waals surface area contributed by atoms with Crippen LogP contribution in [0, 0.1) is 6.92 Å². The molecule has 0 aliphatic rings. The van der Waals surface area contributed by atoms with Crippen LogP contribution in [0.2, 0.25) is 10.0 Å².